The van der Waals surface area contributed by atoms with E-state index >= 15 is 0 Å². The van der Waals surface area contributed by atoms with Crippen LogP contribution in [0.25, 0.3) is 10.2 Å². The zero-order chi connectivity index (χ0) is 17.1. The third kappa shape index (κ3) is 3.48. The molecule has 0 spiro atoms. The van der Waals surface area contributed by atoms with Crippen LogP contribution in [0, 0.1) is 0 Å². The summed E-state index contributed by atoms with van der Waals surface area (Å²) in [5, 5.41) is 4.27. The minimum atomic E-state index is 0.776. The number of fused-ring (bicyclic) bond motifs is 1. The Hall–Kier alpha value is -2.50. The maximum Gasteiger partial charge on any atom is 0.188 e. The number of hydrogen-bond donors (Lipinski definition) is 1. The largest absolute Gasteiger partial charge is 0.455 e. The molecular weight excluding hydrogens is 348 g/mol. The summed E-state index contributed by atoms with van der Waals surface area (Å²) in [5.41, 5.74) is 1.94. The van der Waals surface area contributed by atoms with Crippen molar-refractivity contribution in [3.8, 4) is 11.5 Å². The summed E-state index contributed by atoms with van der Waals surface area (Å²) in [6, 6.07) is 24.0. The van der Waals surface area contributed by atoms with Gasteiger partial charge in [-0.2, -0.15) is 0 Å². The van der Waals surface area contributed by atoms with E-state index in [0.717, 1.165) is 27.8 Å². The Morgan fingerprint density at radius 3 is 2.56 bits per heavy atom. The lowest BCUT2D eigenvalue weighted by Crippen LogP contribution is -1.93. The molecule has 1 aromatic heterocycles. The molecule has 4 aromatic rings. The number of aromatic nitrogens is 1. The lowest BCUT2D eigenvalue weighted by atomic mass is 10.3. The summed E-state index contributed by atoms with van der Waals surface area (Å²) in [5.74, 6) is 1.59. The number of rotatable bonds is 5. The molecule has 124 valence electrons. The van der Waals surface area contributed by atoms with Crippen molar-refractivity contribution < 1.29 is 4.74 Å². The van der Waals surface area contributed by atoms with Crippen LogP contribution in [0.1, 0.15) is 0 Å². The van der Waals surface area contributed by atoms with Gasteiger partial charge < -0.3 is 10.1 Å². The molecule has 0 bridgehead atoms. The van der Waals surface area contributed by atoms with Crippen molar-refractivity contribution in [3.63, 3.8) is 0 Å². The lowest BCUT2D eigenvalue weighted by Gasteiger charge is -2.11. The van der Waals surface area contributed by atoms with Gasteiger partial charge in [-0.05, 0) is 42.7 Å². The van der Waals surface area contributed by atoms with E-state index in [0.29, 0.717) is 0 Å². The van der Waals surface area contributed by atoms with Crippen LogP contribution < -0.4 is 10.1 Å². The van der Waals surface area contributed by atoms with Crippen LogP contribution in [-0.2, 0) is 0 Å². The number of nitrogens with one attached hydrogen (secondary N) is 1. The Balaban J connectivity index is 1.65. The molecule has 0 amide bonds. The Labute approximate surface area is 154 Å². The SMILES string of the molecule is CSc1cccc2sc(Nc3ccccc3Oc3ccccc3)nc12. The van der Waals surface area contributed by atoms with Crippen LogP contribution in [0.15, 0.2) is 77.7 Å². The van der Waals surface area contributed by atoms with Crippen LogP contribution in [0.5, 0.6) is 11.5 Å². The molecule has 3 nitrogen and oxygen atoms in total. The quantitative estimate of drug-likeness (QED) is 0.407. The number of hydrogen-bond acceptors (Lipinski definition) is 5. The van der Waals surface area contributed by atoms with Gasteiger partial charge in [0.25, 0.3) is 0 Å². The first-order chi connectivity index (χ1) is 12.3. The monoisotopic (exact) mass is 364 g/mol. The predicted octanol–water partition coefficient (Wildman–Crippen LogP) is 6.55. The van der Waals surface area contributed by atoms with E-state index in [-0.39, 0.29) is 0 Å². The van der Waals surface area contributed by atoms with Gasteiger partial charge in [-0.1, -0.05) is 47.7 Å². The fourth-order valence-electron chi connectivity index (χ4n) is 2.53. The molecule has 1 N–H and O–H groups in total. The van der Waals surface area contributed by atoms with Crippen LogP contribution in [-0.4, -0.2) is 11.2 Å². The number of para-hydroxylation sites is 4. The number of benzene rings is 3. The van der Waals surface area contributed by atoms with Crippen LogP contribution in [0.3, 0.4) is 0 Å². The van der Waals surface area contributed by atoms with Gasteiger partial charge in [0.15, 0.2) is 10.9 Å². The molecular formula is C20H16N2OS2. The molecule has 25 heavy (non-hydrogen) atoms. The molecule has 0 radical (unpaired) electrons. The molecule has 0 saturated carbocycles. The van der Waals surface area contributed by atoms with Gasteiger partial charge in [-0.3, -0.25) is 0 Å². The second kappa shape index (κ2) is 7.17. The highest BCUT2D eigenvalue weighted by molar-refractivity contribution is 7.98. The highest BCUT2D eigenvalue weighted by Gasteiger charge is 2.10. The van der Waals surface area contributed by atoms with Crippen molar-refractivity contribution in [3.05, 3.63) is 72.8 Å². The zero-order valence-electron chi connectivity index (χ0n) is 13.6. The molecule has 0 aliphatic rings. The highest BCUT2D eigenvalue weighted by atomic mass is 32.2. The van der Waals surface area contributed by atoms with Crippen molar-refractivity contribution in [1.29, 1.82) is 0 Å². The molecule has 0 unspecified atom stereocenters. The maximum atomic E-state index is 6.01. The van der Waals surface area contributed by atoms with Crippen LogP contribution >= 0.6 is 23.1 Å². The van der Waals surface area contributed by atoms with Gasteiger partial charge in [0.05, 0.1) is 15.9 Å². The fraction of sp³-hybridized carbons (Fsp3) is 0.0500. The van der Waals surface area contributed by atoms with Gasteiger partial charge in [0.2, 0.25) is 0 Å². The van der Waals surface area contributed by atoms with Gasteiger partial charge in [-0.25, -0.2) is 4.98 Å². The molecule has 0 fully saturated rings. The second-order valence-corrected chi connectivity index (χ2v) is 7.24. The molecule has 0 aliphatic heterocycles. The van der Waals surface area contributed by atoms with E-state index in [1.807, 2.05) is 54.6 Å². The van der Waals surface area contributed by atoms with Gasteiger partial charge in [-0.15, -0.1) is 11.8 Å². The van der Waals surface area contributed by atoms with E-state index in [1.165, 1.54) is 9.60 Å². The van der Waals surface area contributed by atoms with Crippen molar-refractivity contribution in [2.45, 2.75) is 4.90 Å². The lowest BCUT2D eigenvalue weighted by molar-refractivity contribution is 0.485. The Bertz CT molecular complexity index is 999. The summed E-state index contributed by atoms with van der Waals surface area (Å²) in [6.45, 7) is 0. The number of thioether (sulfide) groups is 1. The van der Waals surface area contributed by atoms with Crippen molar-refractivity contribution in [1.82, 2.24) is 4.98 Å². The van der Waals surface area contributed by atoms with Gasteiger partial charge >= 0.3 is 0 Å². The Morgan fingerprint density at radius 1 is 0.920 bits per heavy atom. The summed E-state index contributed by atoms with van der Waals surface area (Å²) in [7, 11) is 0. The number of anilines is 2. The normalized spacial score (nSPS) is 10.8. The van der Waals surface area contributed by atoms with Crippen molar-refractivity contribution in [2.24, 2.45) is 0 Å². The summed E-state index contributed by atoms with van der Waals surface area (Å²) >= 11 is 3.36. The summed E-state index contributed by atoms with van der Waals surface area (Å²) < 4.78 is 7.19. The van der Waals surface area contributed by atoms with Gasteiger partial charge in [0, 0.05) is 4.90 Å². The number of ether oxygens (including phenoxy) is 1. The van der Waals surface area contributed by atoms with E-state index in [1.54, 1.807) is 23.1 Å². The second-order valence-electron chi connectivity index (χ2n) is 5.36. The first-order valence-corrected chi connectivity index (χ1v) is 9.90. The standard InChI is InChI=1S/C20H16N2OS2/c1-24-17-12-7-13-18-19(17)22-20(25-18)21-15-10-5-6-11-16(15)23-14-8-3-2-4-9-14/h2-13H,1H3,(H,21,22). The maximum absolute atomic E-state index is 6.01. The van der Waals surface area contributed by atoms with Crippen molar-refractivity contribution >= 4 is 44.1 Å². The molecule has 0 aliphatic carbocycles. The molecule has 5 heteroatoms. The molecule has 0 saturated heterocycles. The summed E-state index contributed by atoms with van der Waals surface area (Å²) in [6.07, 6.45) is 2.07. The van der Waals surface area contributed by atoms with Crippen LogP contribution in [0.4, 0.5) is 10.8 Å². The summed E-state index contributed by atoms with van der Waals surface area (Å²) in [4.78, 5) is 5.95. The van der Waals surface area contributed by atoms with Crippen molar-refractivity contribution in [2.75, 3.05) is 11.6 Å². The topological polar surface area (TPSA) is 34.1 Å². The fourth-order valence-corrected chi connectivity index (χ4v) is 4.06. The van der Waals surface area contributed by atoms with E-state index in [2.05, 4.69) is 29.8 Å². The smallest absolute Gasteiger partial charge is 0.188 e. The minimum absolute atomic E-state index is 0.776. The van der Waals surface area contributed by atoms with Gasteiger partial charge in [0.1, 0.15) is 5.75 Å². The minimum Gasteiger partial charge on any atom is -0.455 e. The number of nitrogens with zero attached hydrogens (tertiary/aromatic N) is 1. The van der Waals surface area contributed by atoms with E-state index in [4.69, 9.17) is 9.72 Å². The molecule has 4 rings (SSSR count). The average molecular weight is 364 g/mol. The third-order valence-electron chi connectivity index (χ3n) is 3.70. The average Bonchev–Trinajstić information content (AvgIpc) is 3.06. The highest BCUT2D eigenvalue weighted by Crippen LogP contribution is 2.36. The number of thiazole rings is 1. The van der Waals surface area contributed by atoms with E-state index in [9.17, 15) is 0 Å². The van der Waals surface area contributed by atoms with E-state index < -0.39 is 0 Å². The Morgan fingerprint density at radius 2 is 1.72 bits per heavy atom. The predicted molar refractivity (Wildman–Crippen MR) is 108 cm³/mol. The Kier molecular flexibility index (Phi) is 4.59. The molecule has 3 aromatic carbocycles. The third-order valence-corrected chi connectivity index (χ3v) is 5.41. The zero-order valence-corrected chi connectivity index (χ0v) is 15.2. The molecule has 1 heterocycles. The molecule has 0 atom stereocenters. The first kappa shape index (κ1) is 16.0. The van der Waals surface area contributed by atoms with Crippen LogP contribution in [0.2, 0.25) is 0 Å². The first-order valence-electron chi connectivity index (χ1n) is 7.86.